The average molecular weight is 120 g/mol. The van der Waals surface area contributed by atoms with E-state index in [-0.39, 0.29) is 13.5 Å². The van der Waals surface area contributed by atoms with E-state index in [4.69, 9.17) is 9.47 Å². The summed E-state index contributed by atoms with van der Waals surface area (Å²) in [7, 11) is 0. The highest BCUT2D eigenvalue weighted by molar-refractivity contribution is 7.59. The van der Waals surface area contributed by atoms with E-state index in [2.05, 4.69) is 0 Å². The third-order valence-corrected chi connectivity index (χ3v) is 0.744. The average Bonchev–Trinajstić information content (AvgIpc) is 1.72. The van der Waals surface area contributed by atoms with Crippen molar-refractivity contribution in [2.24, 2.45) is 0 Å². The van der Waals surface area contributed by atoms with Gasteiger partial charge in [0.15, 0.2) is 0 Å². The van der Waals surface area contributed by atoms with Crippen LogP contribution in [0, 0.1) is 0 Å². The molecule has 0 amide bonds. The van der Waals surface area contributed by atoms with Crippen molar-refractivity contribution in [2.75, 3.05) is 26.4 Å². The zero-order chi connectivity index (χ0) is 4.24. The molecule has 2 nitrogen and oxygen atoms in total. The second-order valence-electron chi connectivity index (χ2n) is 1.22. The Kier molecular flexibility index (Phi) is 4.60. The van der Waals surface area contributed by atoms with Crippen LogP contribution >= 0.6 is 13.5 Å². The Morgan fingerprint density at radius 3 is 1.14 bits per heavy atom. The molecule has 0 spiro atoms. The molecular formula is C4H8O2S. The molecule has 1 saturated heterocycles. The first-order chi connectivity index (χ1) is 3.00. The molecular weight excluding hydrogens is 112 g/mol. The lowest BCUT2D eigenvalue weighted by atomic mass is 10.6. The van der Waals surface area contributed by atoms with Gasteiger partial charge in [0.25, 0.3) is 0 Å². The molecule has 0 unspecified atom stereocenters. The molecule has 0 bridgehead atoms. The van der Waals surface area contributed by atoms with Gasteiger partial charge in [-0.2, -0.15) is 0 Å². The van der Waals surface area contributed by atoms with Crippen LogP contribution < -0.4 is 0 Å². The summed E-state index contributed by atoms with van der Waals surface area (Å²) in [5.74, 6) is 0. The van der Waals surface area contributed by atoms with Gasteiger partial charge in [0.05, 0.1) is 26.4 Å². The summed E-state index contributed by atoms with van der Waals surface area (Å²) in [4.78, 5) is 0. The molecule has 0 aromatic heterocycles. The normalized spacial score (nSPS) is 20.6. The molecule has 1 aliphatic rings. The molecule has 0 atom stereocenters. The fourth-order valence-electron chi connectivity index (χ4n) is 0.440. The van der Waals surface area contributed by atoms with Crippen molar-refractivity contribution < 1.29 is 9.47 Å². The lowest BCUT2D eigenvalue weighted by Gasteiger charge is -2.09. The zero-order valence-corrected chi connectivity index (χ0v) is 4.87. The molecule has 3 heteroatoms. The second kappa shape index (κ2) is 4.43. The van der Waals surface area contributed by atoms with Gasteiger partial charge in [0.2, 0.25) is 0 Å². The Morgan fingerprint density at radius 2 is 1.00 bits per heavy atom. The Hall–Kier alpha value is 0.270. The summed E-state index contributed by atoms with van der Waals surface area (Å²) in [6.45, 7) is 3.11. The maximum absolute atomic E-state index is 4.94. The van der Waals surface area contributed by atoms with Gasteiger partial charge in [-0.15, -0.1) is 0 Å². The van der Waals surface area contributed by atoms with Crippen molar-refractivity contribution in [3.8, 4) is 0 Å². The molecule has 0 aromatic rings. The molecule has 1 heterocycles. The van der Waals surface area contributed by atoms with Crippen LogP contribution in [-0.2, 0) is 9.47 Å². The Balaban J connectivity index is 0.000000360. The van der Waals surface area contributed by atoms with Gasteiger partial charge in [0.1, 0.15) is 0 Å². The van der Waals surface area contributed by atoms with Crippen LogP contribution in [0.4, 0.5) is 0 Å². The third kappa shape index (κ3) is 2.91. The van der Waals surface area contributed by atoms with Crippen LogP contribution in [0.3, 0.4) is 0 Å². The lowest BCUT2D eigenvalue weighted by Crippen LogP contribution is -2.16. The van der Waals surface area contributed by atoms with E-state index in [1.165, 1.54) is 0 Å². The van der Waals surface area contributed by atoms with E-state index < -0.39 is 0 Å². The van der Waals surface area contributed by atoms with Gasteiger partial charge in [-0.25, -0.2) is 0 Å². The zero-order valence-electron chi connectivity index (χ0n) is 4.05. The van der Waals surface area contributed by atoms with Gasteiger partial charge in [-0.3, -0.25) is 0 Å². The Labute approximate surface area is 50.2 Å². The van der Waals surface area contributed by atoms with Crippen molar-refractivity contribution >= 4 is 13.5 Å². The van der Waals surface area contributed by atoms with Gasteiger partial charge in [0, 0.05) is 13.5 Å². The quantitative estimate of drug-likeness (QED) is 0.468. The predicted octanol–water partition coefficient (Wildman–Crippen LogP) is 0.681. The smallest absolute Gasteiger partial charge is 0.0701 e. The van der Waals surface area contributed by atoms with Crippen molar-refractivity contribution in [2.45, 2.75) is 0 Å². The SMILES string of the molecule is C1COCCO1.[S]. The summed E-state index contributed by atoms with van der Waals surface area (Å²) >= 11 is 0. The molecule has 0 saturated carbocycles. The highest BCUT2D eigenvalue weighted by Gasteiger charge is 1.94. The van der Waals surface area contributed by atoms with Crippen molar-refractivity contribution in [1.29, 1.82) is 0 Å². The molecule has 0 aromatic carbocycles. The van der Waals surface area contributed by atoms with Crippen LogP contribution in [0.1, 0.15) is 0 Å². The van der Waals surface area contributed by atoms with Crippen LogP contribution in [0.5, 0.6) is 0 Å². The van der Waals surface area contributed by atoms with Crippen molar-refractivity contribution in [3.05, 3.63) is 0 Å². The summed E-state index contributed by atoms with van der Waals surface area (Å²) in [5.41, 5.74) is 0. The summed E-state index contributed by atoms with van der Waals surface area (Å²) < 4.78 is 9.89. The monoisotopic (exact) mass is 120 g/mol. The maximum atomic E-state index is 4.94. The minimum absolute atomic E-state index is 0. The number of ether oxygens (including phenoxy) is 2. The van der Waals surface area contributed by atoms with E-state index in [0.29, 0.717) is 0 Å². The first-order valence-electron chi connectivity index (χ1n) is 2.15. The first kappa shape index (κ1) is 7.27. The van der Waals surface area contributed by atoms with E-state index in [1.807, 2.05) is 0 Å². The van der Waals surface area contributed by atoms with Gasteiger partial charge in [-0.1, -0.05) is 0 Å². The standard InChI is InChI=1S/C4H8O2.S/c1-2-6-4-3-5-1;/h1-4H2;. The van der Waals surface area contributed by atoms with Gasteiger partial charge in [-0.05, 0) is 0 Å². The fraction of sp³-hybridized carbons (Fsp3) is 1.00. The largest absolute Gasteiger partial charge is 0.377 e. The molecule has 2 radical (unpaired) electrons. The van der Waals surface area contributed by atoms with Crippen LogP contribution in [0.15, 0.2) is 0 Å². The van der Waals surface area contributed by atoms with Crippen molar-refractivity contribution in [3.63, 3.8) is 0 Å². The van der Waals surface area contributed by atoms with Gasteiger partial charge < -0.3 is 9.47 Å². The second-order valence-corrected chi connectivity index (χ2v) is 1.22. The Bertz CT molecular complexity index is 25.2. The lowest BCUT2D eigenvalue weighted by molar-refractivity contribution is -0.0334. The number of rotatable bonds is 0. The summed E-state index contributed by atoms with van der Waals surface area (Å²) in [6, 6.07) is 0. The minimum atomic E-state index is 0. The summed E-state index contributed by atoms with van der Waals surface area (Å²) in [5, 5.41) is 0. The topological polar surface area (TPSA) is 18.5 Å². The van der Waals surface area contributed by atoms with Crippen LogP contribution in [0.2, 0.25) is 0 Å². The van der Waals surface area contributed by atoms with E-state index in [1.54, 1.807) is 0 Å². The van der Waals surface area contributed by atoms with E-state index in [9.17, 15) is 0 Å². The van der Waals surface area contributed by atoms with E-state index in [0.717, 1.165) is 26.4 Å². The van der Waals surface area contributed by atoms with Crippen LogP contribution in [0.25, 0.3) is 0 Å². The highest BCUT2D eigenvalue weighted by atomic mass is 32.1. The van der Waals surface area contributed by atoms with E-state index >= 15 is 0 Å². The number of hydrogen-bond acceptors (Lipinski definition) is 2. The maximum Gasteiger partial charge on any atom is 0.0701 e. The fourth-order valence-corrected chi connectivity index (χ4v) is 0.440. The molecule has 1 rings (SSSR count). The van der Waals surface area contributed by atoms with Gasteiger partial charge >= 0.3 is 0 Å². The molecule has 1 aliphatic heterocycles. The van der Waals surface area contributed by atoms with Crippen LogP contribution in [-0.4, -0.2) is 26.4 Å². The molecule has 42 valence electrons. The molecule has 1 fully saturated rings. The minimum Gasteiger partial charge on any atom is -0.377 e. The summed E-state index contributed by atoms with van der Waals surface area (Å²) in [6.07, 6.45) is 0. The molecule has 0 N–H and O–H groups in total. The highest BCUT2D eigenvalue weighted by Crippen LogP contribution is 1.85. The Morgan fingerprint density at radius 1 is 0.714 bits per heavy atom. The number of hydrogen-bond donors (Lipinski definition) is 0. The first-order valence-corrected chi connectivity index (χ1v) is 2.15. The third-order valence-electron chi connectivity index (χ3n) is 0.744. The molecule has 0 aliphatic carbocycles. The predicted molar refractivity (Wildman–Crippen MR) is 29.2 cm³/mol. The molecule has 7 heavy (non-hydrogen) atoms. The van der Waals surface area contributed by atoms with Crippen molar-refractivity contribution in [1.82, 2.24) is 0 Å².